The highest BCUT2D eigenvalue weighted by molar-refractivity contribution is 7.47. The van der Waals surface area contributed by atoms with Crippen LogP contribution in [0, 0.1) is 0 Å². The largest absolute Gasteiger partial charge is 0.472 e. The molecule has 0 rings (SSSR count). The van der Waals surface area contributed by atoms with Crippen molar-refractivity contribution in [2.75, 3.05) is 40.9 Å². The van der Waals surface area contributed by atoms with E-state index >= 15 is 0 Å². The number of carbonyl (C=O) groups excluding carboxylic acids is 1. The molecule has 3 atom stereocenters. The fourth-order valence-corrected chi connectivity index (χ4v) is 5.55. The van der Waals surface area contributed by atoms with Gasteiger partial charge in [-0.1, -0.05) is 115 Å². The third-order valence-corrected chi connectivity index (χ3v) is 8.82. The summed E-state index contributed by atoms with van der Waals surface area (Å²) < 4.78 is 23.4. The summed E-state index contributed by atoms with van der Waals surface area (Å²) in [6.07, 6.45) is 33.5. The van der Waals surface area contributed by atoms with E-state index in [4.69, 9.17) is 9.05 Å². The monoisotopic (exact) mass is 672 g/mol. The number of carbonyl (C=O) groups is 1. The SMILES string of the molecule is CCCCCCC/C=C/CC/C=C/C(O)C(COP(=O)(O)OCC[N+](C)(C)C)NC(=O)CCCCC/C=C\CCCCCCCC. The number of nitrogens with zero attached hydrogens (tertiary/aromatic N) is 1. The number of allylic oxidation sites excluding steroid dienone is 5. The third kappa shape index (κ3) is 31.3. The lowest BCUT2D eigenvalue weighted by atomic mass is 10.1. The van der Waals surface area contributed by atoms with E-state index in [0.717, 1.165) is 51.4 Å². The van der Waals surface area contributed by atoms with E-state index in [0.29, 0.717) is 17.4 Å². The van der Waals surface area contributed by atoms with Gasteiger partial charge in [0.05, 0.1) is 39.9 Å². The predicted octanol–water partition coefficient (Wildman–Crippen LogP) is 9.18. The number of aliphatic hydroxyl groups excluding tert-OH is 1. The van der Waals surface area contributed by atoms with Crippen molar-refractivity contribution in [2.24, 2.45) is 0 Å². The average molecular weight is 672 g/mol. The van der Waals surface area contributed by atoms with Crippen LogP contribution in [0.25, 0.3) is 0 Å². The Morgan fingerprint density at radius 2 is 1.20 bits per heavy atom. The standard InChI is InChI=1S/C37H71N2O6P/c1-6-8-10-12-14-16-18-19-21-23-25-27-29-31-37(41)38-35(34-45-46(42,43)44-33-32-39(3,4)5)36(40)30-28-26-24-22-20-17-15-13-11-9-7-2/h19-22,28,30,35-36,40H,6-18,23-27,29,31-34H2,1-5H3,(H-,38,41,42,43)/p+1/b21-19-,22-20+,30-28+. The van der Waals surface area contributed by atoms with Gasteiger partial charge in [0, 0.05) is 6.42 Å². The van der Waals surface area contributed by atoms with Gasteiger partial charge in [-0.25, -0.2) is 4.57 Å². The number of phosphoric ester groups is 1. The molecule has 46 heavy (non-hydrogen) atoms. The van der Waals surface area contributed by atoms with E-state index in [1.807, 2.05) is 27.2 Å². The third-order valence-electron chi connectivity index (χ3n) is 7.83. The Hall–Kier alpha value is -1.28. The summed E-state index contributed by atoms with van der Waals surface area (Å²) in [5, 5.41) is 13.7. The quantitative estimate of drug-likeness (QED) is 0.0285. The average Bonchev–Trinajstić information content (AvgIpc) is 2.99. The summed E-state index contributed by atoms with van der Waals surface area (Å²) in [5.74, 6) is -0.208. The molecule has 0 saturated heterocycles. The van der Waals surface area contributed by atoms with Crippen LogP contribution in [-0.4, -0.2) is 73.4 Å². The first-order valence-corrected chi connectivity index (χ1v) is 19.9. The molecule has 0 aromatic heterocycles. The summed E-state index contributed by atoms with van der Waals surface area (Å²) in [7, 11) is 1.54. The summed E-state index contributed by atoms with van der Waals surface area (Å²) in [6, 6.07) is -0.866. The van der Waals surface area contributed by atoms with Crippen molar-refractivity contribution >= 4 is 13.7 Å². The van der Waals surface area contributed by atoms with Crippen LogP contribution in [0.3, 0.4) is 0 Å². The Morgan fingerprint density at radius 1 is 0.717 bits per heavy atom. The number of phosphoric acid groups is 1. The minimum atomic E-state index is -4.34. The summed E-state index contributed by atoms with van der Waals surface area (Å²) in [6.45, 7) is 4.71. The van der Waals surface area contributed by atoms with Gasteiger partial charge in [0.15, 0.2) is 0 Å². The van der Waals surface area contributed by atoms with Gasteiger partial charge in [-0.15, -0.1) is 0 Å². The summed E-state index contributed by atoms with van der Waals surface area (Å²) in [4.78, 5) is 22.9. The van der Waals surface area contributed by atoms with E-state index in [1.54, 1.807) is 6.08 Å². The molecule has 0 aliphatic heterocycles. The van der Waals surface area contributed by atoms with E-state index in [1.165, 1.54) is 70.6 Å². The van der Waals surface area contributed by atoms with Gasteiger partial charge in [0.1, 0.15) is 13.2 Å². The second kappa shape index (κ2) is 29.8. The zero-order chi connectivity index (χ0) is 34.4. The lowest BCUT2D eigenvalue weighted by Gasteiger charge is -2.25. The van der Waals surface area contributed by atoms with Crippen molar-refractivity contribution in [1.82, 2.24) is 5.32 Å². The second-order valence-electron chi connectivity index (χ2n) is 13.6. The zero-order valence-corrected chi connectivity index (χ0v) is 31.2. The Labute approximate surface area is 283 Å². The van der Waals surface area contributed by atoms with Crippen LogP contribution in [0.1, 0.15) is 142 Å². The zero-order valence-electron chi connectivity index (χ0n) is 30.3. The van der Waals surface area contributed by atoms with Crippen LogP contribution in [0.15, 0.2) is 36.5 Å². The summed E-state index contributed by atoms with van der Waals surface area (Å²) in [5.41, 5.74) is 0. The smallest absolute Gasteiger partial charge is 0.387 e. The number of amides is 1. The van der Waals surface area contributed by atoms with Crippen molar-refractivity contribution in [3.8, 4) is 0 Å². The van der Waals surface area contributed by atoms with Crippen LogP contribution in [-0.2, 0) is 18.4 Å². The van der Waals surface area contributed by atoms with Crippen LogP contribution < -0.4 is 5.32 Å². The van der Waals surface area contributed by atoms with Crippen LogP contribution in [0.5, 0.6) is 0 Å². The molecule has 0 aliphatic rings. The number of nitrogens with one attached hydrogen (secondary N) is 1. The minimum Gasteiger partial charge on any atom is -0.387 e. The summed E-state index contributed by atoms with van der Waals surface area (Å²) >= 11 is 0. The van der Waals surface area contributed by atoms with Gasteiger partial charge < -0.3 is 19.8 Å². The van der Waals surface area contributed by atoms with E-state index in [9.17, 15) is 19.4 Å². The van der Waals surface area contributed by atoms with Crippen LogP contribution in [0.2, 0.25) is 0 Å². The second-order valence-corrected chi connectivity index (χ2v) is 15.0. The van der Waals surface area contributed by atoms with Gasteiger partial charge in [-0.05, 0) is 57.8 Å². The number of likely N-dealkylation sites (N-methyl/N-ethyl adjacent to an activating group) is 1. The number of hydrogen-bond donors (Lipinski definition) is 3. The molecule has 0 aromatic rings. The topological polar surface area (TPSA) is 105 Å². The molecule has 3 N–H and O–H groups in total. The molecule has 270 valence electrons. The molecule has 0 saturated carbocycles. The van der Waals surface area contributed by atoms with Gasteiger partial charge in [-0.2, -0.15) is 0 Å². The molecule has 0 spiro atoms. The maximum atomic E-state index is 12.7. The van der Waals surface area contributed by atoms with Crippen LogP contribution >= 0.6 is 7.82 Å². The van der Waals surface area contributed by atoms with Crippen molar-refractivity contribution < 1.29 is 32.9 Å². The molecule has 0 fully saturated rings. The molecule has 3 unspecified atom stereocenters. The first kappa shape index (κ1) is 44.7. The lowest BCUT2D eigenvalue weighted by molar-refractivity contribution is -0.870. The molecule has 1 amide bonds. The van der Waals surface area contributed by atoms with Crippen molar-refractivity contribution in [3.05, 3.63) is 36.5 Å². The van der Waals surface area contributed by atoms with Crippen molar-refractivity contribution in [2.45, 2.75) is 154 Å². The number of rotatable bonds is 32. The Balaban J connectivity index is 4.65. The van der Waals surface area contributed by atoms with Crippen molar-refractivity contribution in [3.63, 3.8) is 0 Å². The molecular formula is C37H72N2O6P+. The van der Waals surface area contributed by atoms with E-state index < -0.39 is 20.0 Å². The highest BCUT2D eigenvalue weighted by Crippen LogP contribution is 2.43. The normalized spacial score (nSPS) is 15.2. The van der Waals surface area contributed by atoms with Gasteiger partial charge >= 0.3 is 7.82 Å². The van der Waals surface area contributed by atoms with Crippen LogP contribution in [0.4, 0.5) is 0 Å². The van der Waals surface area contributed by atoms with Crippen molar-refractivity contribution in [1.29, 1.82) is 0 Å². The highest BCUT2D eigenvalue weighted by Gasteiger charge is 2.27. The molecular weight excluding hydrogens is 599 g/mol. The molecule has 0 heterocycles. The molecule has 8 nitrogen and oxygen atoms in total. The number of hydrogen-bond acceptors (Lipinski definition) is 5. The molecule has 0 aromatic carbocycles. The number of unbranched alkanes of at least 4 members (excludes halogenated alkanes) is 15. The Morgan fingerprint density at radius 3 is 1.74 bits per heavy atom. The minimum absolute atomic E-state index is 0.0528. The Bertz CT molecular complexity index is 855. The van der Waals surface area contributed by atoms with Gasteiger partial charge in [-0.3, -0.25) is 13.8 Å². The van der Waals surface area contributed by atoms with Gasteiger partial charge in [0.2, 0.25) is 5.91 Å². The van der Waals surface area contributed by atoms with E-state index in [-0.39, 0.29) is 19.1 Å². The maximum absolute atomic E-state index is 12.7. The lowest BCUT2D eigenvalue weighted by Crippen LogP contribution is -2.45. The molecule has 0 bridgehead atoms. The fourth-order valence-electron chi connectivity index (χ4n) is 4.81. The van der Waals surface area contributed by atoms with E-state index in [2.05, 4.69) is 43.5 Å². The fraction of sp³-hybridized carbons (Fsp3) is 0.811. The predicted molar refractivity (Wildman–Crippen MR) is 194 cm³/mol. The molecule has 0 aliphatic carbocycles. The first-order valence-electron chi connectivity index (χ1n) is 18.4. The van der Waals surface area contributed by atoms with Gasteiger partial charge in [0.25, 0.3) is 0 Å². The molecule has 9 heteroatoms. The highest BCUT2D eigenvalue weighted by atomic mass is 31.2. The Kier molecular flexibility index (Phi) is 29.0. The number of aliphatic hydroxyl groups is 1. The molecule has 0 radical (unpaired) electrons. The first-order chi connectivity index (χ1) is 22.0. The maximum Gasteiger partial charge on any atom is 0.472 e. The number of quaternary nitrogens is 1.